The summed E-state index contributed by atoms with van der Waals surface area (Å²) >= 11 is 0. The average Bonchev–Trinajstić information content (AvgIpc) is 2.65. The molecule has 0 aliphatic rings. The molecule has 0 bridgehead atoms. The summed E-state index contributed by atoms with van der Waals surface area (Å²) in [5.41, 5.74) is 2.57. The number of aryl methyl sites for hydroxylation is 1. The molecule has 24 heavy (non-hydrogen) atoms. The van der Waals surface area contributed by atoms with Crippen molar-refractivity contribution >= 4 is 0 Å². The molecule has 0 heterocycles. The molecule has 0 fully saturated rings. The summed E-state index contributed by atoms with van der Waals surface area (Å²) in [6, 6.07) is 14.7. The summed E-state index contributed by atoms with van der Waals surface area (Å²) < 4.78 is 16.2. The molecule has 1 radical (unpaired) electrons. The predicted molar refractivity (Wildman–Crippen MR) is 98.2 cm³/mol. The number of hydrogen-bond donors (Lipinski definition) is 0. The van der Waals surface area contributed by atoms with Crippen LogP contribution in [0.4, 0.5) is 0 Å². The molecule has 2 aromatic rings. The molecule has 1 unspecified atom stereocenters. The molecule has 0 amide bonds. The van der Waals surface area contributed by atoms with Gasteiger partial charge in [-0.25, -0.2) is 0 Å². The number of benzene rings is 2. The largest absolute Gasteiger partial charge is 0.493 e. The van der Waals surface area contributed by atoms with Crippen molar-refractivity contribution in [2.75, 3.05) is 21.3 Å². The first-order valence-electron chi connectivity index (χ1n) is 8.36. The highest BCUT2D eigenvalue weighted by Gasteiger charge is 2.14. The summed E-state index contributed by atoms with van der Waals surface area (Å²) in [7, 11) is 4.92. The number of ether oxygens (including phenoxy) is 3. The smallest absolute Gasteiger partial charge is 0.203 e. The van der Waals surface area contributed by atoms with Crippen LogP contribution >= 0.6 is 0 Å². The van der Waals surface area contributed by atoms with E-state index in [4.69, 9.17) is 14.2 Å². The van der Waals surface area contributed by atoms with E-state index in [2.05, 4.69) is 37.3 Å². The van der Waals surface area contributed by atoms with Crippen LogP contribution in [0.2, 0.25) is 0 Å². The quantitative estimate of drug-likeness (QED) is 0.645. The molecule has 0 aliphatic carbocycles. The van der Waals surface area contributed by atoms with Gasteiger partial charge in [0.05, 0.1) is 21.3 Å². The van der Waals surface area contributed by atoms with Crippen molar-refractivity contribution in [1.82, 2.24) is 0 Å². The van der Waals surface area contributed by atoms with Crippen LogP contribution in [0.3, 0.4) is 0 Å². The third-order valence-corrected chi connectivity index (χ3v) is 4.36. The Morgan fingerprint density at radius 2 is 1.54 bits per heavy atom. The Bertz CT molecular complexity index is 597. The fourth-order valence-electron chi connectivity index (χ4n) is 3.04. The lowest BCUT2D eigenvalue weighted by Crippen LogP contribution is -2.00. The fraction of sp³-hybridized carbons (Fsp3) is 0.381. The molecule has 0 aromatic heterocycles. The van der Waals surface area contributed by atoms with Crippen LogP contribution in [0.1, 0.15) is 36.3 Å². The third-order valence-electron chi connectivity index (χ3n) is 4.36. The van der Waals surface area contributed by atoms with Crippen molar-refractivity contribution in [3.8, 4) is 17.2 Å². The first-order valence-corrected chi connectivity index (χ1v) is 8.36. The van der Waals surface area contributed by atoms with Gasteiger partial charge in [-0.2, -0.15) is 0 Å². The van der Waals surface area contributed by atoms with E-state index in [9.17, 15) is 0 Å². The minimum Gasteiger partial charge on any atom is -0.493 e. The van der Waals surface area contributed by atoms with Gasteiger partial charge in [0.25, 0.3) is 0 Å². The van der Waals surface area contributed by atoms with Crippen LogP contribution in [-0.4, -0.2) is 21.3 Å². The van der Waals surface area contributed by atoms with Gasteiger partial charge in [-0.1, -0.05) is 37.3 Å². The van der Waals surface area contributed by atoms with Crippen LogP contribution in [0.5, 0.6) is 17.2 Å². The normalized spacial score (nSPS) is 11.8. The molecular formula is C21H27O3. The van der Waals surface area contributed by atoms with Gasteiger partial charge in [0.2, 0.25) is 5.75 Å². The lowest BCUT2D eigenvalue weighted by Gasteiger charge is -2.16. The van der Waals surface area contributed by atoms with Crippen molar-refractivity contribution in [2.45, 2.75) is 31.6 Å². The Labute approximate surface area is 145 Å². The van der Waals surface area contributed by atoms with Gasteiger partial charge in [0, 0.05) is 0 Å². The molecule has 2 rings (SSSR count). The molecule has 0 saturated carbocycles. The van der Waals surface area contributed by atoms with E-state index in [1.807, 2.05) is 12.1 Å². The summed E-state index contributed by atoms with van der Waals surface area (Å²) in [6.45, 7) is 4.11. The van der Waals surface area contributed by atoms with Crippen molar-refractivity contribution in [1.29, 1.82) is 0 Å². The lowest BCUT2D eigenvalue weighted by molar-refractivity contribution is 0.323. The second kappa shape index (κ2) is 9.21. The Kier molecular flexibility index (Phi) is 6.98. The highest BCUT2D eigenvalue weighted by Crippen LogP contribution is 2.38. The van der Waals surface area contributed by atoms with E-state index in [1.165, 1.54) is 11.1 Å². The standard InChI is InChI=1S/C21H27O3/c1-5-17(18-11-7-6-8-12-18)13-9-10-16-14-19(22-2)21(24-4)20(15-16)23-3/h6-8,11-12,14-15,17H,1,5,9-10,13H2,2-4H3. The summed E-state index contributed by atoms with van der Waals surface area (Å²) in [4.78, 5) is 0. The van der Waals surface area contributed by atoms with Crippen LogP contribution < -0.4 is 14.2 Å². The third kappa shape index (κ3) is 4.44. The van der Waals surface area contributed by atoms with Crippen LogP contribution in [0.25, 0.3) is 0 Å². The minimum atomic E-state index is 0.508. The molecular weight excluding hydrogens is 300 g/mol. The minimum absolute atomic E-state index is 0.508. The van der Waals surface area contributed by atoms with E-state index in [-0.39, 0.29) is 0 Å². The molecule has 0 aliphatic heterocycles. The molecule has 0 saturated heterocycles. The Morgan fingerprint density at radius 3 is 2.04 bits per heavy atom. The maximum absolute atomic E-state index is 5.42. The number of hydrogen-bond acceptors (Lipinski definition) is 3. The van der Waals surface area contributed by atoms with Gasteiger partial charge in [0.15, 0.2) is 11.5 Å². The molecule has 0 spiro atoms. The zero-order valence-electron chi connectivity index (χ0n) is 14.9. The molecule has 2 aromatic carbocycles. The second-order valence-corrected chi connectivity index (χ2v) is 5.82. The maximum Gasteiger partial charge on any atom is 0.203 e. The van der Waals surface area contributed by atoms with Gasteiger partial charge >= 0.3 is 0 Å². The Balaban J connectivity index is 2.03. The van der Waals surface area contributed by atoms with Crippen molar-refractivity contribution < 1.29 is 14.2 Å². The monoisotopic (exact) mass is 327 g/mol. The topological polar surface area (TPSA) is 27.7 Å². The van der Waals surface area contributed by atoms with Crippen molar-refractivity contribution in [2.24, 2.45) is 0 Å². The van der Waals surface area contributed by atoms with Crippen LogP contribution in [-0.2, 0) is 6.42 Å². The predicted octanol–water partition coefficient (Wildman–Crippen LogP) is 5.04. The SMILES string of the molecule is [CH2]CC(CCCc1cc(OC)c(OC)c(OC)c1)c1ccccc1. The molecule has 3 heteroatoms. The average molecular weight is 327 g/mol. The number of rotatable bonds is 9. The van der Waals surface area contributed by atoms with Gasteiger partial charge in [0.1, 0.15) is 0 Å². The zero-order valence-corrected chi connectivity index (χ0v) is 14.9. The highest BCUT2D eigenvalue weighted by atomic mass is 16.5. The van der Waals surface area contributed by atoms with E-state index >= 15 is 0 Å². The van der Waals surface area contributed by atoms with Crippen molar-refractivity contribution in [3.05, 3.63) is 60.5 Å². The van der Waals surface area contributed by atoms with Gasteiger partial charge in [-0.05, 0) is 54.9 Å². The van der Waals surface area contributed by atoms with E-state index in [0.29, 0.717) is 23.2 Å². The summed E-state index contributed by atoms with van der Waals surface area (Å²) in [6.07, 6.45) is 4.09. The fourth-order valence-corrected chi connectivity index (χ4v) is 3.04. The molecule has 129 valence electrons. The van der Waals surface area contributed by atoms with Gasteiger partial charge in [-0.3, -0.25) is 0 Å². The first kappa shape index (κ1) is 18.2. The zero-order chi connectivity index (χ0) is 17.4. The van der Waals surface area contributed by atoms with E-state index < -0.39 is 0 Å². The maximum atomic E-state index is 5.42. The number of methoxy groups -OCH3 is 3. The summed E-state index contributed by atoms with van der Waals surface area (Å²) in [5, 5.41) is 0. The van der Waals surface area contributed by atoms with E-state index in [0.717, 1.165) is 25.7 Å². The molecule has 0 N–H and O–H groups in total. The first-order chi connectivity index (χ1) is 11.7. The van der Waals surface area contributed by atoms with E-state index in [1.54, 1.807) is 21.3 Å². The Hall–Kier alpha value is -2.16. The highest BCUT2D eigenvalue weighted by molar-refractivity contribution is 5.53. The second-order valence-electron chi connectivity index (χ2n) is 5.82. The summed E-state index contributed by atoms with van der Waals surface area (Å²) in [5.74, 6) is 2.57. The van der Waals surface area contributed by atoms with Gasteiger partial charge < -0.3 is 14.2 Å². The lowest BCUT2D eigenvalue weighted by atomic mass is 9.90. The van der Waals surface area contributed by atoms with Crippen LogP contribution in [0, 0.1) is 6.92 Å². The molecule has 3 nitrogen and oxygen atoms in total. The Morgan fingerprint density at radius 1 is 0.917 bits per heavy atom. The molecule has 1 atom stereocenters. The van der Waals surface area contributed by atoms with Crippen molar-refractivity contribution in [3.63, 3.8) is 0 Å². The van der Waals surface area contributed by atoms with Crippen LogP contribution in [0.15, 0.2) is 42.5 Å². The van der Waals surface area contributed by atoms with Gasteiger partial charge in [-0.15, -0.1) is 0 Å².